The summed E-state index contributed by atoms with van der Waals surface area (Å²) < 4.78 is 25.6. The van der Waals surface area contributed by atoms with Gasteiger partial charge in [-0.1, -0.05) is 18.2 Å². The van der Waals surface area contributed by atoms with Crippen LogP contribution in [0.3, 0.4) is 0 Å². The molecule has 0 N–H and O–H groups in total. The van der Waals surface area contributed by atoms with Crippen LogP contribution in [-0.4, -0.2) is 46.3 Å². The number of fused-ring (bicyclic) bond motifs is 2. The predicted octanol–water partition coefficient (Wildman–Crippen LogP) is 1.82. The monoisotopic (exact) mass is 294 g/mol. The summed E-state index contributed by atoms with van der Waals surface area (Å²) in [5.74, 6) is 0. The van der Waals surface area contributed by atoms with Gasteiger partial charge in [-0.2, -0.15) is 0 Å². The van der Waals surface area contributed by atoms with Crippen molar-refractivity contribution in [2.24, 2.45) is 0 Å². The van der Waals surface area contributed by atoms with Crippen LogP contribution < -0.4 is 4.31 Å². The number of hydrogen-bond donors (Lipinski definition) is 0. The maximum absolute atomic E-state index is 12.0. The summed E-state index contributed by atoms with van der Waals surface area (Å²) >= 11 is 0. The highest BCUT2D eigenvalue weighted by Gasteiger charge is 2.42. The van der Waals surface area contributed by atoms with Gasteiger partial charge in [0.25, 0.3) is 0 Å². The van der Waals surface area contributed by atoms with Crippen LogP contribution in [0.15, 0.2) is 24.3 Å². The lowest BCUT2D eigenvalue weighted by molar-refractivity contribution is 0.177. The molecule has 2 aliphatic rings. The minimum atomic E-state index is -3.18. The van der Waals surface area contributed by atoms with Crippen LogP contribution in [0.1, 0.15) is 24.8 Å². The van der Waals surface area contributed by atoms with Crippen LogP contribution in [0, 0.1) is 0 Å². The molecule has 0 aromatic heterocycles. The van der Waals surface area contributed by atoms with E-state index in [1.807, 2.05) is 18.2 Å². The fourth-order valence-corrected chi connectivity index (χ4v) is 4.56. The zero-order valence-corrected chi connectivity index (χ0v) is 13.0. The number of rotatable bonds is 1. The van der Waals surface area contributed by atoms with Crippen molar-refractivity contribution in [1.29, 1.82) is 0 Å². The van der Waals surface area contributed by atoms with Crippen LogP contribution in [0.5, 0.6) is 0 Å². The van der Waals surface area contributed by atoms with Crippen molar-refractivity contribution in [3.05, 3.63) is 29.8 Å². The van der Waals surface area contributed by atoms with Crippen LogP contribution >= 0.6 is 0 Å². The molecule has 0 atom stereocenters. The maximum Gasteiger partial charge on any atom is 0.232 e. The number of sulfonamides is 1. The number of benzene rings is 1. The maximum atomic E-state index is 12.0. The summed E-state index contributed by atoms with van der Waals surface area (Å²) in [6.07, 6.45) is 4.48. The molecule has 110 valence electrons. The molecule has 1 spiro atoms. The Kier molecular flexibility index (Phi) is 3.29. The van der Waals surface area contributed by atoms with Crippen molar-refractivity contribution >= 4 is 15.7 Å². The van der Waals surface area contributed by atoms with Crippen LogP contribution in [0.2, 0.25) is 0 Å². The highest BCUT2D eigenvalue weighted by molar-refractivity contribution is 7.92. The average molecular weight is 294 g/mol. The van der Waals surface area contributed by atoms with Gasteiger partial charge in [0.05, 0.1) is 11.9 Å². The summed E-state index contributed by atoms with van der Waals surface area (Å²) in [4.78, 5) is 2.36. The van der Waals surface area contributed by atoms with Crippen molar-refractivity contribution in [3.8, 4) is 0 Å². The lowest BCUT2D eigenvalue weighted by Crippen LogP contribution is -2.48. The Hall–Kier alpha value is -1.07. The molecule has 20 heavy (non-hydrogen) atoms. The van der Waals surface area contributed by atoms with Gasteiger partial charge < -0.3 is 4.90 Å². The van der Waals surface area contributed by atoms with Crippen LogP contribution in [0.25, 0.3) is 0 Å². The van der Waals surface area contributed by atoms with Crippen molar-refractivity contribution < 1.29 is 8.42 Å². The molecule has 1 aromatic rings. The van der Waals surface area contributed by atoms with E-state index in [1.54, 1.807) is 4.31 Å². The van der Waals surface area contributed by atoms with Gasteiger partial charge in [0, 0.05) is 12.0 Å². The van der Waals surface area contributed by atoms with E-state index in [0.29, 0.717) is 6.54 Å². The molecule has 5 heteroatoms. The molecule has 4 nitrogen and oxygen atoms in total. The van der Waals surface area contributed by atoms with E-state index in [-0.39, 0.29) is 5.41 Å². The number of anilines is 1. The number of hydrogen-bond acceptors (Lipinski definition) is 3. The van der Waals surface area contributed by atoms with E-state index in [0.717, 1.165) is 38.0 Å². The van der Waals surface area contributed by atoms with Gasteiger partial charge in [-0.05, 0) is 51.0 Å². The highest BCUT2D eigenvalue weighted by Crippen LogP contribution is 2.46. The van der Waals surface area contributed by atoms with Gasteiger partial charge in [-0.15, -0.1) is 0 Å². The lowest BCUT2D eigenvalue weighted by Gasteiger charge is -2.47. The summed E-state index contributed by atoms with van der Waals surface area (Å²) in [7, 11) is -1.03. The SMILES string of the molecule is CN1CCC2(CC1)CCN(S(C)(=O)=O)c1ccccc12. The van der Waals surface area contributed by atoms with Gasteiger partial charge in [-0.3, -0.25) is 4.31 Å². The van der Waals surface area contributed by atoms with E-state index < -0.39 is 10.0 Å². The number of nitrogens with zero attached hydrogens (tertiary/aromatic N) is 2. The zero-order valence-electron chi connectivity index (χ0n) is 12.2. The van der Waals surface area contributed by atoms with Crippen molar-refractivity contribution in [2.75, 3.05) is 37.2 Å². The molecule has 0 bridgehead atoms. The molecule has 2 heterocycles. The largest absolute Gasteiger partial charge is 0.306 e. The van der Waals surface area contributed by atoms with Gasteiger partial charge >= 0.3 is 0 Å². The summed E-state index contributed by atoms with van der Waals surface area (Å²) in [6.45, 7) is 2.79. The Labute approximate surface area is 121 Å². The molecular weight excluding hydrogens is 272 g/mol. The first kappa shape index (κ1) is 13.9. The van der Waals surface area contributed by atoms with Gasteiger partial charge in [0.1, 0.15) is 0 Å². The molecule has 0 saturated carbocycles. The minimum Gasteiger partial charge on any atom is -0.306 e. The molecule has 1 aromatic carbocycles. The first-order valence-corrected chi connectivity index (χ1v) is 9.03. The fourth-order valence-electron chi connectivity index (χ4n) is 3.62. The van der Waals surface area contributed by atoms with E-state index >= 15 is 0 Å². The Balaban J connectivity index is 2.06. The number of piperidine rings is 1. The Bertz CT molecular complexity index is 604. The van der Waals surface area contributed by atoms with Crippen molar-refractivity contribution in [1.82, 2.24) is 4.90 Å². The second kappa shape index (κ2) is 4.74. The third kappa shape index (κ3) is 2.23. The minimum absolute atomic E-state index is 0.171. The Morgan fingerprint density at radius 3 is 2.30 bits per heavy atom. The number of para-hydroxylation sites is 1. The van der Waals surface area contributed by atoms with Gasteiger partial charge in [0.2, 0.25) is 10.0 Å². The molecule has 3 rings (SSSR count). The summed E-state index contributed by atoms with van der Waals surface area (Å²) in [5.41, 5.74) is 2.29. The standard InChI is InChI=1S/C15H22N2O2S/c1-16-10-7-15(8-11-16)9-12-17(20(2,18)19)14-6-4-3-5-13(14)15/h3-6H,7-12H2,1-2H3. The summed E-state index contributed by atoms with van der Waals surface area (Å²) in [5, 5.41) is 0. The van der Waals surface area contributed by atoms with Crippen LogP contribution in [0.4, 0.5) is 5.69 Å². The van der Waals surface area contributed by atoms with E-state index in [4.69, 9.17) is 0 Å². The molecule has 1 fully saturated rings. The predicted molar refractivity (Wildman–Crippen MR) is 81.7 cm³/mol. The molecule has 1 saturated heterocycles. The highest BCUT2D eigenvalue weighted by atomic mass is 32.2. The molecule has 0 radical (unpaired) electrons. The Morgan fingerprint density at radius 1 is 1.05 bits per heavy atom. The smallest absolute Gasteiger partial charge is 0.232 e. The molecular formula is C15H22N2O2S. The second-order valence-electron chi connectivity index (χ2n) is 6.19. The first-order valence-electron chi connectivity index (χ1n) is 7.18. The van der Waals surface area contributed by atoms with E-state index in [1.165, 1.54) is 11.8 Å². The average Bonchev–Trinajstić information content (AvgIpc) is 2.41. The zero-order chi connectivity index (χ0) is 14.4. The van der Waals surface area contributed by atoms with Crippen molar-refractivity contribution in [3.63, 3.8) is 0 Å². The second-order valence-corrected chi connectivity index (χ2v) is 8.09. The van der Waals surface area contributed by atoms with E-state index in [9.17, 15) is 8.42 Å². The third-order valence-corrected chi connectivity index (χ3v) is 6.06. The number of likely N-dealkylation sites (tertiary alicyclic amines) is 1. The molecule has 0 amide bonds. The topological polar surface area (TPSA) is 40.6 Å². The van der Waals surface area contributed by atoms with Crippen molar-refractivity contribution in [2.45, 2.75) is 24.7 Å². The fraction of sp³-hybridized carbons (Fsp3) is 0.600. The summed E-state index contributed by atoms with van der Waals surface area (Å²) in [6, 6.07) is 8.04. The molecule has 2 aliphatic heterocycles. The molecule has 0 aliphatic carbocycles. The Morgan fingerprint density at radius 2 is 1.65 bits per heavy atom. The lowest BCUT2D eigenvalue weighted by atomic mass is 9.68. The third-order valence-electron chi connectivity index (χ3n) is 4.88. The van der Waals surface area contributed by atoms with Crippen LogP contribution in [-0.2, 0) is 15.4 Å². The quantitative estimate of drug-likeness (QED) is 0.793. The normalized spacial score (nSPS) is 22.8. The van der Waals surface area contributed by atoms with Gasteiger partial charge in [0.15, 0.2) is 0 Å². The van der Waals surface area contributed by atoms with E-state index in [2.05, 4.69) is 18.0 Å². The first-order chi connectivity index (χ1) is 9.42. The van der Waals surface area contributed by atoms with Gasteiger partial charge in [-0.25, -0.2) is 8.42 Å². The molecule has 0 unspecified atom stereocenters.